The lowest BCUT2D eigenvalue weighted by Gasteiger charge is -2.15. The predicted octanol–water partition coefficient (Wildman–Crippen LogP) is 2.92. The van der Waals surface area contributed by atoms with Gasteiger partial charge in [-0.1, -0.05) is 12.1 Å². The number of hydrogen-bond donors (Lipinski definition) is 1. The van der Waals surface area contributed by atoms with E-state index in [0.717, 1.165) is 0 Å². The lowest BCUT2D eigenvalue weighted by atomic mass is 10.2. The number of nitro benzene ring substituents is 2. The van der Waals surface area contributed by atoms with E-state index in [-0.39, 0.29) is 28.6 Å². The summed E-state index contributed by atoms with van der Waals surface area (Å²) >= 11 is 0. The SMILES string of the molecule is COc1ccc(O[C@@H](C)C(=O)Nc2ccccc2[N+](=O)[O-])c([N+](=O)[O-])c1. The second-order valence-corrected chi connectivity index (χ2v) is 5.11. The monoisotopic (exact) mass is 361 g/mol. The lowest BCUT2D eigenvalue weighted by Crippen LogP contribution is -2.30. The Kier molecular flexibility index (Phi) is 5.68. The van der Waals surface area contributed by atoms with Gasteiger partial charge in [0.05, 0.1) is 23.0 Å². The average Bonchev–Trinajstić information content (AvgIpc) is 2.62. The Bertz CT molecular complexity index is 853. The number of anilines is 1. The summed E-state index contributed by atoms with van der Waals surface area (Å²) in [7, 11) is 1.36. The van der Waals surface area contributed by atoms with Crippen LogP contribution in [-0.2, 0) is 4.79 Å². The van der Waals surface area contributed by atoms with Crippen LogP contribution in [0.5, 0.6) is 11.5 Å². The van der Waals surface area contributed by atoms with Gasteiger partial charge in [-0.3, -0.25) is 25.0 Å². The molecule has 2 aromatic rings. The second kappa shape index (κ2) is 7.92. The van der Waals surface area contributed by atoms with Crippen molar-refractivity contribution >= 4 is 23.0 Å². The number of benzene rings is 2. The normalized spacial score (nSPS) is 11.3. The van der Waals surface area contributed by atoms with Gasteiger partial charge in [0.1, 0.15) is 11.4 Å². The van der Waals surface area contributed by atoms with Crippen LogP contribution in [0, 0.1) is 20.2 Å². The molecule has 1 N–H and O–H groups in total. The van der Waals surface area contributed by atoms with Crippen molar-refractivity contribution in [2.75, 3.05) is 12.4 Å². The molecule has 0 saturated heterocycles. The van der Waals surface area contributed by atoms with E-state index in [2.05, 4.69) is 5.32 Å². The summed E-state index contributed by atoms with van der Waals surface area (Å²) in [6.07, 6.45) is -1.14. The third-order valence-electron chi connectivity index (χ3n) is 3.39. The van der Waals surface area contributed by atoms with Crippen molar-refractivity contribution in [3.05, 3.63) is 62.7 Å². The van der Waals surface area contributed by atoms with Crippen LogP contribution in [-0.4, -0.2) is 29.0 Å². The molecule has 1 amide bonds. The molecule has 0 fully saturated rings. The summed E-state index contributed by atoms with van der Waals surface area (Å²) in [4.78, 5) is 33.1. The number of rotatable bonds is 7. The van der Waals surface area contributed by atoms with Crippen LogP contribution in [0.2, 0.25) is 0 Å². The fourth-order valence-electron chi connectivity index (χ4n) is 2.08. The van der Waals surface area contributed by atoms with E-state index >= 15 is 0 Å². The Morgan fingerprint density at radius 1 is 1.08 bits per heavy atom. The summed E-state index contributed by atoms with van der Waals surface area (Å²) in [5.41, 5.74) is -0.639. The van der Waals surface area contributed by atoms with Gasteiger partial charge in [-0.25, -0.2) is 0 Å². The Balaban J connectivity index is 2.18. The van der Waals surface area contributed by atoms with E-state index in [1.807, 2.05) is 0 Å². The largest absolute Gasteiger partial charge is 0.496 e. The number of amides is 1. The third-order valence-corrected chi connectivity index (χ3v) is 3.39. The van der Waals surface area contributed by atoms with Gasteiger partial charge in [0.25, 0.3) is 11.6 Å². The van der Waals surface area contributed by atoms with Crippen LogP contribution in [0.15, 0.2) is 42.5 Å². The predicted molar refractivity (Wildman–Crippen MR) is 91.5 cm³/mol. The maximum atomic E-state index is 12.2. The molecule has 0 spiro atoms. The highest BCUT2D eigenvalue weighted by Gasteiger charge is 2.24. The summed E-state index contributed by atoms with van der Waals surface area (Å²) in [5.74, 6) is -0.550. The van der Waals surface area contributed by atoms with Gasteiger partial charge >= 0.3 is 5.69 Å². The maximum absolute atomic E-state index is 12.2. The molecule has 10 nitrogen and oxygen atoms in total. The average molecular weight is 361 g/mol. The summed E-state index contributed by atoms with van der Waals surface area (Å²) < 4.78 is 10.3. The number of carbonyl (C=O) groups excluding carboxylic acids is 1. The highest BCUT2D eigenvalue weighted by Crippen LogP contribution is 2.32. The van der Waals surface area contributed by atoms with Crippen LogP contribution in [0.25, 0.3) is 0 Å². The van der Waals surface area contributed by atoms with Crippen molar-refractivity contribution in [2.24, 2.45) is 0 Å². The first kappa shape index (κ1) is 18.6. The van der Waals surface area contributed by atoms with Crippen LogP contribution < -0.4 is 14.8 Å². The molecule has 0 heterocycles. The number of nitrogens with one attached hydrogen (secondary N) is 1. The molecule has 0 aromatic heterocycles. The summed E-state index contributed by atoms with van der Waals surface area (Å²) in [6, 6.07) is 9.55. The Hall–Kier alpha value is -3.69. The number of ether oxygens (including phenoxy) is 2. The minimum atomic E-state index is -1.14. The van der Waals surface area contributed by atoms with Gasteiger partial charge in [-0.2, -0.15) is 0 Å². The molecule has 2 rings (SSSR count). The molecule has 0 aliphatic carbocycles. The Morgan fingerprint density at radius 3 is 2.35 bits per heavy atom. The van der Waals surface area contributed by atoms with Crippen molar-refractivity contribution in [3.8, 4) is 11.5 Å². The number of nitrogens with zero attached hydrogens (tertiary/aromatic N) is 2. The van der Waals surface area contributed by atoms with E-state index in [1.54, 1.807) is 0 Å². The number of carbonyl (C=O) groups is 1. The van der Waals surface area contributed by atoms with Gasteiger partial charge in [0.2, 0.25) is 0 Å². The molecule has 26 heavy (non-hydrogen) atoms. The Labute approximate surface area is 147 Å². The van der Waals surface area contributed by atoms with Crippen molar-refractivity contribution in [1.82, 2.24) is 0 Å². The minimum absolute atomic E-state index is 0.00202. The fraction of sp³-hybridized carbons (Fsp3) is 0.188. The highest BCUT2D eigenvalue weighted by molar-refractivity contribution is 5.96. The zero-order valence-electron chi connectivity index (χ0n) is 13.9. The first-order valence-corrected chi connectivity index (χ1v) is 7.37. The first-order chi connectivity index (χ1) is 12.3. The highest BCUT2D eigenvalue weighted by atomic mass is 16.6. The van der Waals surface area contributed by atoms with Gasteiger partial charge < -0.3 is 14.8 Å². The quantitative estimate of drug-likeness (QED) is 0.592. The molecule has 0 saturated carbocycles. The van der Waals surface area contributed by atoms with Crippen molar-refractivity contribution in [1.29, 1.82) is 0 Å². The van der Waals surface area contributed by atoms with E-state index in [0.29, 0.717) is 0 Å². The summed E-state index contributed by atoms with van der Waals surface area (Å²) in [6.45, 7) is 1.37. The van der Waals surface area contributed by atoms with Crippen LogP contribution in [0.3, 0.4) is 0 Å². The molecule has 0 aliphatic heterocycles. The van der Waals surface area contributed by atoms with E-state index in [1.165, 1.54) is 56.5 Å². The zero-order valence-corrected chi connectivity index (χ0v) is 13.9. The fourth-order valence-corrected chi connectivity index (χ4v) is 2.08. The molecular formula is C16H15N3O7. The van der Waals surface area contributed by atoms with E-state index in [9.17, 15) is 25.0 Å². The molecule has 10 heteroatoms. The van der Waals surface area contributed by atoms with Crippen LogP contribution >= 0.6 is 0 Å². The molecular weight excluding hydrogens is 346 g/mol. The Morgan fingerprint density at radius 2 is 1.73 bits per heavy atom. The lowest BCUT2D eigenvalue weighted by molar-refractivity contribution is -0.386. The number of methoxy groups -OCH3 is 1. The smallest absolute Gasteiger partial charge is 0.314 e. The molecule has 0 bridgehead atoms. The standard InChI is InChI=1S/C16H15N3O7/c1-10(16(20)17-12-5-3-4-6-13(12)18(21)22)26-15-8-7-11(25-2)9-14(15)19(23)24/h3-10H,1-2H3,(H,17,20)/t10-/m0/s1. The van der Waals surface area contributed by atoms with Gasteiger partial charge in [0, 0.05) is 6.07 Å². The van der Waals surface area contributed by atoms with Crippen LogP contribution in [0.4, 0.5) is 17.1 Å². The number of nitro groups is 2. The molecule has 2 aromatic carbocycles. The topological polar surface area (TPSA) is 134 Å². The van der Waals surface area contributed by atoms with Crippen molar-refractivity contribution < 1.29 is 24.1 Å². The first-order valence-electron chi connectivity index (χ1n) is 7.37. The molecule has 0 aliphatic rings. The third kappa shape index (κ3) is 4.23. The van der Waals surface area contributed by atoms with Gasteiger partial charge in [0.15, 0.2) is 11.9 Å². The summed E-state index contributed by atoms with van der Waals surface area (Å²) in [5, 5.41) is 24.5. The molecule has 0 unspecified atom stereocenters. The molecule has 1 atom stereocenters. The number of para-hydroxylation sites is 2. The molecule has 0 radical (unpaired) electrons. The maximum Gasteiger partial charge on any atom is 0.314 e. The minimum Gasteiger partial charge on any atom is -0.496 e. The van der Waals surface area contributed by atoms with Gasteiger partial charge in [-0.15, -0.1) is 0 Å². The van der Waals surface area contributed by atoms with E-state index in [4.69, 9.17) is 9.47 Å². The van der Waals surface area contributed by atoms with Gasteiger partial charge in [-0.05, 0) is 25.1 Å². The van der Waals surface area contributed by atoms with E-state index < -0.39 is 21.9 Å². The second-order valence-electron chi connectivity index (χ2n) is 5.11. The van der Waals surface area contributed by atoms with Crippen molar-refractivity contribution in [2.45, 2.75) is 13.0 Å². The van der Waals surface area contributed by atoms with Crippen molar-refractivity contribution in [3.63, 3.8) is 0 Å². The molecule has 136 valence electrons. The number of hydrogen-bond acceptors (Lipinski definition) is 7. The van der Waals surface area contributed by atoms with Crippen LogP contribution in [0.1, 0.15) is 6.92 Å². The zero-order chi connectivity index (χ0) is 19.3.